The first-order valence-electron chi connectivity index (χ1n) is 11.9. The normalized spacial score (nSPS) is 35.5. The average Bonchev–Trinajstić information content (AvgIpc) is 3.20. The van der Waals surface area contributed by atoms with E-state index in [1.54, 1.807) is 11.8 Å². The van der Waals surface area contributed by atoms with Crippen molar-refractivity contribution in [3.8, 4) is 6.07 Å². The molecule has 7 nitrogen and oxygen atoms in total. The van der Waals surface area contributed by atoms with E-state index in [0.717, 1.165) is 25.7 Å². The number of carbonyl (C=O) groups excluding carboxylic acids is 3. The van der Waals surface area contributed by atoms with Crippen molar-refractivity contribution in [2.24, 2.45) is 29.1 Å². The van der Waals surface area contributed by atoms with Crippen LogP contribution in [0.15, 0.2) is 0 Å². The average molecular weight is 430 g/mol. The summed E-state index contributed by atoms with van der Waals surface area (Å²) in [4.78, 5) is 40.5. The van der Waals surface area contributed by atoms with Crippen LogP contribution in [0.25, 0.3) is 0 Å². The third kappa shape index (κ3) is 4.06. The second-order valence-corrected chi connectivity index (χ2v) is 11.0. The Morgan fingerprint density at radius 2 is 1.74 bits per heavy atom. The van der Waals surface area contributed by atoms with Crippen molar-refractivity contribution in [1.82, 2.24) is 10.2 Å². The fourth-order valence-corrected chi connectivity index (χ4v) is 6.79. The molecule has 4 aliphatic carbocycles. The zero-order valence-electron chi connectivity index (χ0n) is 19.0. The predicted octanol–water partition coefficient (Wildman–Crippen LogP) is 2.79. The maximum atomic E-state index is 13.7. The number of rotatable bonds is 6. The molecule has 0 unspecified atom stereocenters. The molecule has 1 N–H and O–H groups in total. The lowest BCUT2D eigenvalue weighted by molar-refractivity contribution is -0.166. The van der Waals surface area contributed by atoms with Gasteiger partial charge in [-0.15, -0.1) is 0 Å². The van der Waals surface area contributed by atoms with Crippen LogP contribution in [0.5, 0.6) is 0 Å². The van der Waals surface area contributed by atoms with Crippen molar-refractivity contribution in [3.63, 3.8) is 0 Å². The molecule has 170 valence electrons. The van der Waals surface area contributed by atoms with E-state index in [9.17, 15) is 19.6 Å². The smallest absolute Gasteiger partial charge is 0.329 e. The molecule has 31 heavy (non-hydrogen) atoms. The maximum absolute atomic E-state index is 13.7. The largest absolute Gasteiger partial charge is 0.454 e. The van der Waals surface area contributed by atoms with Gasteiger partial charge in [-0.1, -0.05) is 13.8 Å². The van der Waals surface area contributed by atoms with Gasteiger partial charge in [0.2, 0.25) is 5.91 Å². The monoisotopic (exact) mass is 429 g/mol. The van der Waals surface area contributed by atoms with Crippen LogP contribution in [-0.2, 0) is 19.1 Å². The van der Waals surface area contributed by atoms with Crippen molar-refractivity contribution in [2.75, 3.05) is 13.2 Å². The van der Waals surface area contributed by atoms with E-state index < -0.39 is 30.1 Å². The minimum absolute atomic E-state index is 0.0830. The second kappa shape index (κ2) is 8.11. The first-order chi connectivity index (χ1) is 14.7. The number of esters is 1. The molecule has 4 bridgehead atoms. The molecular weight excluding hydrogens is 394 g/mol. The highest BCUT2D eigenvalue weighted by atomic mass is 16.5. The van der Waals surface area contributed by atoms with Gasteiger partial charge in [0.15, 0.2) is 6.61 Å². The number of carbonyl (C=O) groups is 3. The lowest BCUT2D eigenvalue weighted by Gasteiger charge is -2.56. The zero-order chi connectivity index (χ0) is 22.4. The topological polar surface area (TPSA) is 99.5 Å². The summed E-state index contributed by atoms with van der Waals surface area (Å²) in [5, 5.41) is 12.0. The molecule has 7 heteroatoms. The number of nitrogens with zero attached hydrogens (tertiary/aromatic N) is 2. The van der Waals surface area contributed by atoms with Gasteiger partial charge >= 0.3 is 5.97 Å². The highest BCUT2D eigenvalue weighted by molar-refractivity contribution is 5.90. The number of hydrogen-bond acceptors (Lipinski definition) is 5. The first-order valence-corrected chi connectivity index (χ1v) is 11.9. The molecule has 4 saturated carbocycles. The van der Waals surface area contributed by atoms with E-state index in [-0.39, 0.29) is 17.2 Å². The van der Waals surface area contributed by atoms with E-state index in [1.807, 2.05) is 13.8 Å². The molecule has 5 rings (SSSR count). The SMILES string of the molecule is CC(C)[C@@](C)(C#N)NC(=O)COC(=O)[C@H]1CCCN1C(=O)C12CC3CC(CC(C3)C1)C2. The van der Waals surface area contributed by atoms with Crippen LogP contribution in [0, 0.1) is 40.4 Å². The van der Waals surface area contributed by atoms with Crippen LogP contribution in [0.1, 0.15) is 72.1 Å². The number of hydrogen-bond donors (Lipinski definition) is 1. The first kappa shape index (κ1) is 22.1. The molecule has 1 saturated heterocycles. The Morgan fingerprint density at radius 1 is 1.16 bits per heavy atom. The van der Waals surface area contributed by atoms with Gasteiger partial charge in [0.1, 0.15) is 11.6 Å². The van der Waals surface area contributed by atoms with E-state index in [4.69, 9.17) is 4.74 Å². The van der Waals surface area contributed by atoms with Gasteiger partial charge < -0.3 is 15.0 Å². The van der Waals surface area contributed by atoms with Gasteiger partial charge in [-0.2, -0.15) is 5.26 Å². The minimum Gasteiger partial charge on any atom is -0.454 e. The Morgan fingerprint density at radius 3 is 2.26 bits per heavy atom. The summed E-state index contributed by atoms with van der Waals surface area (Å²) in [5.74, 6) is 1.07. The third-order valence-corrected chi connectivity index (χ3v) is 8.41. The van der Waals surface area contributed by atoms with Crippen molar-refractivity contribution < 1.29 is 19.1 Å². The highest BCUT2D eigenvalue weighted by Crippen LogP contribution is 2.60. The van der Waals surface area contributed by atoms with Crippen LogP contribution < -0.4 is 5.32 Å². The van der Waals surface area contributed by atoms with Gasteiger partial charge in [-0.05, 0) is 82.0 Å². The van der Waals surface area contributed by atoms with E-state index in [2.05, 4.69) is 11.4 Å². The van der Waals surface area contributed by atoms with Gasteiger partial charge in [0.05, 0.1) is 11.5 Å². The lowest BCUT2D eigenvalue weighted by Crippen LogP contribution is -2.56. The van der Waals surface area contributed by atoms with Gasteiger partial charge in [-0.3, -0.25) is 9.59 Å². The van der Waals surface area contributed by atoms with Crippen LogP contribution in [0.3, 0.4) is 0 Å². The molecule has 0 spiro atoms. The number of nitrogens with one attached hydrogen (secondary N) is 1. The minimum atomic E-state index is -1.02. The Bertz CT molecular complexity index is 766. The second-order valence-electron chi connectivity index (χ2n) is 11.0. The van der Waals surface area contributed by atoms with Crippen molar-refractivity contribution in [2.45, 2.75) is 83.7 Å². The van der Waals surface area contributed by atoms with Gasteiger partial charge in [0.25, 0.3) is 5.91 Å². The molecule has 5 aliphatic rings. The van der Waals surface area contributed by atoms with Crippen LogP contribution in [-0.4, -0.2) is 47.4 Å². The van der Waals surface area contributed by atoms with Gasteiger partial charge in [-0.25, -0.2) is 4.79 Å². The summed E-state index contributed by atoms with van der Waals surface area (Å²) in [6, 6.07) is 1.51. The van der Waals surface area contributed by atoms with Crippen LogP contribution >= 0.6 is 0 Å². The highest BCUT2D eigenvalue weighted by Gasteiger charge is 2.57. The Labute approximate surface area is 184 Å². The molecule has 0 radical (unpaired) electrons. The summed E-state index contributed by atoms with van der Waals surface area (Å²) in [7, 11) is 0. The molecule has 1 heterocycles. The zero-order valence-corrected chi connectivity index (χ0v) is 19.0. The van der Waals surface area contributed by atoms with Crippen molar-refractivity contribution >= 4 is 17.8 Å². The molecule has 0 aromatic rings. The third-order valence-electron chi connectivity index (χ3n) is 8.41. The molecule has 0 aromatic carbocycles. The fourth-order valence-electron chi connectivity index (χ4n) is 6.79. The van der Waals surface area contributed by atoms with Crippen LogP contribution in [0.2, 0.25) is 0 Å². The van der Waals surface area contributed by atoms with Crippen molar-refractivity contribution in [3.05, 3.63) is 0 Å². The van der Waals surface area contributed by atoms with Crippen LogP contribution in [0.4, 0.5) is 0 Å². The summed E-state index contributed by atoms with van der Waals surface area (Å²) in [6.45, 7) is 5.51. The number of amides is 2. The fraction of sp³-hybridized carbons (Fsp3) is 0.833. The molecule has 2 atom stereocenters. The Hall–Kier alpha value is -2.10. The molecular formula is C24H35N3O4. The van der Waals surface area contributed by atoms with E-state index in [1.165, 1.54) is 19.3 Å². The summed E-state index contributed by atoms with van der Waals surface area (Å²) < 4.78 is 5.30. The molecule has 2 amide bonds. The summed E-state index contributed by atoms with van der Waals surface area (Å²) >= 11 is 0. The number of nitriles is 1. The Kier molecular flexibility index (Phi) is 5.78. The Balaban J connectivity index is 1.36. The molecule has 0 aromatic heterocycles. The number of likely N-dealkylation sites (tertiary alicyclic amines) is 1. The van der Waals surface area contributed by atoms with E-state index in [0.29, 0.717) is 30.7 Å². The molecule has 1 aliphatic heterocycles. The standard InChI is InChI=1S/C24H35N3O4/c1-15(2)23(3,14-25)26-20(28)13-31-21(29)19-5-4-6-27(19)22(30)24-10-16-7-17(11-24)9-18(8-16)12-24/h15-19H,4-13H2,1-3H3,(H,26,28)/t16?,17?,18?,19-,23-,24?/m1/s1. The summed E-state index contributed by atoms with van der Waals surface area (Å²) in [6.07, 6.45) is 8.09. The lowest BCUT2D eigenvalue weighted by atomic mass is 9.49. The molecule has 5 fully saturated rings. The van der Waals surface area contributed by atoms with Crippen molar-refractivity contribution in [1.29, 1.82) is 5.26 Å². The summed E-state index contributed by atoms with van der Waals surface area (Å²) in [5.41, 5.74) is -1.29. The predicted molar refractivity (Wildman–Crippen MR) is 113 cm³/mol. The van der Waals surface area contributed by atoms with E-state index >= 15 is 0 Å². The van der Waals surface area contributed by atoms with Gasteiger partial charge in [0, 0.05) is 6.54 Å². The quantitative estimate of drug-likeness (QED) is 0.655. The number of ether oxygens (including phenoxy) is 1. The maximum Gasteiger partial charge on any atom is 0.329 e.